The van der Waals surface area contributed by atoms with E-state index in [0.717, 1.165) is 16.8 Å². The number of hydrogen-bond acceptors (Lipinski definition) is 6. The molecule has 0 aliphatic heterocycles. The van der Waals surface area contributed by atoms with Gasteiger partial charge in [0.2, 0.25) is 5.91 Å². The first-order valence-electron chi connectivity index (χ1n) is 8.99. The molecule has 28 heavy (non-hydrogen) atoms. The van der Waals surface area contributed by atoms with Crippen LogP contribution in [0.25, 0.3) is 11.0 Å². The van der Waals surface area contributed by atoms with Crippen LogP contribution in [0.15, 0.2) is 41.6 Å². The molecular weight excluding hydrogens is 378 g/mol. The number of ether oxygens (including phenoxy) is 3. The maximum absolute atomic E-state index is 12.3. The minimum absolute atomic E-state index is 0.130. The number of anilines is 1. The Bertz CT molecular complexity index is 958. The molecular formula is C20H23N3O4S. The smallest absolute Gasteiger partial charge is 0.234 e. The molecule has 1 heterocycles. The zero-order valence-electron chi connectivity index (χ0n) is 16.1. The van der Waals surface area contributed by atoms with E-state index in [-0.39, 0.29) is 11.7 Å². The summed E-state index contributed by atoms with van der Waals surface area (Å²) in [5.41, 5.74) is 2.36. The Labute approximate surface area is 167 Å². The van der Waals surface area contributed by atoms with Crippen LogP contribution >= 0.6 is 11.8 Å². The molecule has 7 nitrogen and oxygen atoms in total. The Kier molecular flexibility index (Phi) is 6.65. The van der Waals surface area contributed by atoms with Crippen molar-refractivity contribution >= 4 is 34.4 Å². The third-order valence-electron chi connectivity index (χ3n) is 3.83. The minimum atomic E-state index is -0.130. The van der Waals surface area contributed by atoms with Gasteiger partial charge >= 0.3 is 0 Å². The van der Waals surface area contributed by atoms with Crippen LogP contribution in [0, 0.1) is 0 Å². The summed E-state index contributed by atoms with van der Waals surface area (Å²) in [6.07, 6.45) is 0. The van der Waals surface area contributed by atoms with E-state index >= 15 is 0 Å². The molecule has 0 atom stereocenters. The molecule has 0 unspecified atom stereocenters. The molecule has 8 heteroatoms. The first kappa shape index (κ1) is 19.9. The Morgan fingerprint density at radius 2 is 1.89 bits per heavy atom. The van der Waals surface area contributed by atoms with Crippen LogP contribution in [0.5, 0.6) is 17.2 Å². The second kappa shape index (κ2) is 9.36. The largest absolute Gasteiger partial charge is 0.497 e. The van der Waals surface area contributed by atoms with Gasteiger partial charge in [0.15, 0.2) is 16.7 Å². The summed E-state index contributed by atoms with van der Waals surface area (Å²) in [5, 5.41) is 3.56. The van der Waals surface area contributed by atoms with E-state index in [1.807, 2.05) is 32.0 Å². The van der Waals surface area contributed by atoms with E-state index in [1.165, 1.54) is 11.8 Å². The van der Waals surface area contributed by atoms with E-state index in [0.29, 0.717) is 35.6 Å². The molecule has 0 saturated heterocycles. The highest BCUT2D eigenvalue weighted by Gasteiger charge is 2.11. The van der Waals surface area contributed by atoms with Crippen LogP contribution in [0.2, 0.25) is 0 Å². The zero-order chi connectivity index (χ0) is 19.9. The van der Waals surface area contributed by atoms with E-state index in [2.05, 4.69) is 15.3 Å². The topological polar surface area (TPSA) is 85.5 Å². The predicted octanol–water partition coefficient (Wildman–Crippen LogP) is 4.10. The van der Waals surface area contributed by atoms with Gasteiger partial charge in [0.1, 0.15) is 5.75 Å². The number of rotatable bonds is 9. The number of imidazole rings is 1. The molecule has 148 valence electrons. The van der Waals surface area contributed by atoms with Gasteiger partial charge < -0.3 is 24.5 Å². The van der Waals surface area contributed by atoms with Crippen LogP contribution in [0.3, 0.4) is 0 Å². The van der Waals surface area contributed by atoms with Crippen LogP contribution in [0.1, 0.15) is 13.8 Å². The fourth-order valence-corrected chi connectivity index (χ4v) is 3.31. The second-order valence-corrected chi connectivity index (χ2v) is 6.75. The van der Waals surface area contributed by atoms with Gasteiger partial charge in [-0.1, -0.05) is 11.8 Å². The van der Waals surface area contributed by atoms with Crippen molar-refractivity contribution in [3.63, 3.8) is 0 Å². The molecule has 0 fully saturated rings. The van der Waals surface area contributed by atoms with Crippen LogP contribution < -0.4 is 19.5 Å². The average molecular weight is 401 g/mol. The fourth-order valence-electron chi connectivity index (χ4n) is 2.62. The molecule has 0 aliphatic rings. The number of carbonyl (C=O) groups is 1. The monoisotopic (exact) mass is 401 g/mol. The van der Waals surface area contributed by atoms with E-state index < -0.39 is 0 Å². The van der Waals surface area contributed by atoms with Crippen molar-refractivity contribution in [3.05, 3.63) is 36.4 Å². The lowest BCUT2D eigenvalue weighted by Gasteiger charge is -2.12. The summed E-state index contributed by atoms with van der Waals surface area (Å²) >= 11 is 1.34. The van der Waals surface area contributed by atoms with Gasteiger partial charge in [0.05, 0.1) is 37.1 Å². The number of fused-ring (bicyclic) bond motifs is 1. The zero-order valence-corrected chi connectivity index (χ0v) is 16.9. The molecule has 2 aromatic carbocycles. The maximum atomic E-state index is 12.3. The molecule has 2 N–H and O–H groups in total. The van der Waals surface area contributed by atoms with Crippen molar-refractivity contribution in [1.29, 1.82) is 0 Å². The van der Waals surface area contributed by atoms with Crippen molar-refractivity contribution < 1.29 is 19.0 Å². The molecule has 1 aromatic heterocycles. The molecule has 0 radical (unpaired) electrons. The summed E-state index contributed by atoms with van der Waals surface area (Å²) in [6.45, 7) is 4.88. The van der Waals surface area contributed by atoms with Gasteiger partial charge in [0.25, 0.3) is 0 Å². The maximum Gasteiger partial charge on any atom is 0.234 e. The number of H-pyrrole nitrogens is 1. The third-order valence-corrected chi connectivity index (χ3v) is 4.71. The van der Waals surface area contributed by atoms with Gasteiger partial charge in [-0.3, -0.25) is 4.79 Å². The second-order valence-electron chi connectivity index (χ2n) is 5.79. The van der Waals surface area contributed by atoms with Crippen LogP contribution in [0.4, 0.5) is 5.69 Å². The van der Waals surface area contributed by atoms with Crippen LogP contribution in [-0.2, 0) is 4.79 Å². The van der Waals surface area contributed by atoms with Gasteiger partial charge in [-0.05, 0) is 38.1 Å². The van der Waals surface area contributed by atoms with E-state index in [9.17, 15) is 4.79 Å². The van der Waals surface area contributed by atoms with Crippen molar-refractivity contribution in [2.75, 3.05) is 31.4 Å². The number of nitrogens with one attached hydrogen (secondary N) is 2. The Balaban J connectivity index is 1.61. The number of aromatic amines is 1. The summed E-state index contributed by atoms with van der Waals surface area (Å²) < 4.78 is 16.3. The van der Waals surface area contributed by atoms with Gasteiger partial charge in [-0.2, -0.15) is 0 Å². The summed E-state index contributed by atoms with van der Waals surface area (Å²) in [5.74, 6) is 2.13. The van der Waals surface area contributed by atoms with Gasteiger partial charge in [0, 0.05) is 17.8 Å². The highest BCUT2D eigenvalue weighted by atomic mass is 32.2. The Morgan fingerprint density at radius 3 is 2.64 bits per heavy atom. The number of aromatic nitrogens is 2. The van der Waals surface area contributed by atoms with E-state index in [1.54, 1.807) is 25.3 Å². The normalized spacial score (nSPS) is 10.7. The molecule has 1 amide bonds. The van der Waals surface area contributed by atoms with Crippen LogP contribution in [-0.4, -0.2) is 42.0 Å². The van der Waals surface area contributed by atoms with Crippen molar-refractivity contribution in [2.45, 2.75) is 19.0 Å². The predicted molar refractivity (Wildman–Crippen MR) is 111 cm³/mol. The summed E-state index contributed by atoms with van der Waals surface area (Å²) in [7, 11) is 1.62. The molecule has 0 saturated carbocycles. The fraction of sp³-hybridized carbons (Fsp3) is 0.300. The minimum Gasteiger partial charge on any atom is -0.497 e. The van der Waals surface area contributed by atoms with Gasteiger partial charge in [-0.15, -0.1) is 0 Å². The Morgan fingerprint density at radius 1 is 1.11 bits per heavy atom. The molecule has 0 aliphatic carbocycles. The number of amides is 1. The number of hydrogen-bond donors (Lipinski definition) is 2. The number of thioether (sulfide) groups is 1. The molecule has 3 rings (SSSR count). The Hall–Kier alpha value is -2.87. The highest BCUT2D eigenvalue weighted by molar-refractivity contribution is 7.99. The summed E-state index contributed by atoms with van der Waals surface area (Å²) in [6, 6.07) is 11.0. The van der Waals surface area contributed by atoms with Crippen molar-refractivity contribution in [3.8, 4) is 17.2 Å². The first-order chi connectivity index (χ1) is 13.6. The quantitative estimate of drug-likeness (QED) is 0.525. The van der Waals surface area contributed by atoms with Crippen molar-refractivity contribution in [2.24, 2.45) is 0 Å². The summed E-state index contributed by atoms with van der Waals surface area (Å²) in [4.78, 5) is 20.0. The number of benzene rings is 2. The molecule has 0 bridgehead atoms. The first-order valence-corrected chi connectivity index (χ1v) is 9.97. The lowest BCUT2D eigenvalue weighted by Crippen LogP contribution is -2.14. The lowest BCUT2D eigenvalue weighted by molar-refractivity contribution is -0.113. The standard InChI is InChI=1S/C20H23N3O4S/c1-4-26-17-9-6-13(10-18(17)27-5-2)21-19(24)12-28-20-22-15-8-7-14(25-3)11-16(15)23-20/h6-11H,4-5,12H2,1-3H3,(H,21,24)(H,22,23). The lowest BCUT2D eigenvalue weighted by atomic mass is 10.2. The SMILES string of the molecule is CCOc1ccc(NC(=O)CSc2nc3ccc(OC)cc3[nH]2)cc1OCC. The number of nitrogens with zero attached hydrogens (tertiary/aromatic N) is 1. The van der Waals surface area contributed by atoms with Gasteiger partial charge in [-0.25, -0.2) is 4.98 Å². The highest BCUT2D eigenvalue weighted by Crippen LogP contribution is 2.31. The third kappa shape index (κ3) is 4.89. The van der Waals surface area contributed by atoms with Crippen molar-refractivity contribution in [1.82, 2.24) is 9.97 Å². The van der Waals surface area contributed by atoms with E-state index in [4.69, 9.17) is 14.2 Å². The number of methoxy groups -OCH3 is 1. The average Bonchev–Trinajstić information content (AvgIpc) is 3.10. The molecule has 0 spiro atoms. The molecule has 3 aromatic rings. The number of carbonyl (C=O) groups excluding carboxylic acids is 1.